The van der Waals surface area contributed by atoms with E-state index in [2.05, 4.69) is 18.4 Å². The normalized spacial score (nSPS) is 14.4. The summed E-state index contributed by atoms with van der Waals surface area (Å²) >= 11 is 1.73. The van der Waals surface area contributed by atoms with Crippen LogP contribution < -0.4 is 5.73 Å². The van der Waals surface area contributed by atoms with Crippen molar-refractivity contribution in [1.82, 2.24) is 4.90 Å². The molecule has 4 heteroatoms. The minimum Gasteiger partial charge on any atom is -0.344 e. The van der Waals surface area contributed by atoms with Crippen LogP contribution in [0.2, 0.25) is 0 Å². The molecule has 0 aromatic carbocycles. The molecular formula is C13H22N2OS. The van der Waals surface area contributed by atoms with Gasteiger partial charge in [-0.05, 0) is 23.8 Å². The van der Waals surface area contributed by atoms with E-state index in [9.17, 15) is 4.79 Å². The van der Waals surface area contributed by atoms with E-state index in [0.717, 1.165) is 19.4 Å². The highest BCUT2D eigenvalue weighted by Crippen LogP contribution is 2.11. The van der Waals surface area contributed by atoms with Crippen molar-refractivity contribution in [3.05, 3.63) is 22.4 Å². The molecule has 0 bridgehead atoms. The Morgan fingerprint density at radius 2 is 2.29 bits per heavy atom. The zero-order valence-electron chi connectivity index (χ0n) is 10.8. The predicted octanol–water partition coefficient (Wildman–Crippen LogP) is 2.12. The topological polar surface area (TPSA) is 46.3 Å². The standard InChI is InChI=1S/C13H22N2OS/c1-4-10(2)12(14)13(16)15(3)8-7-11-6-5-9-17-11/h5-6,9-10,12H,4,7-8,14H2,1-3H3/t10?,12-/m0/s1. The van der Waals surface area contributed by atoms with Gasteiger partial charge in [-0.2, -0.15) is 0 Å². The zero-order chi connectivity index (χ0) is 12.8. The third-order valence-corrected chi connectivity index (χ3v) is 4.13. The SMILES string of the molecule is CCC(C)[C@H](N)C(=O)N(C)CCc1cccs1. The van der Waals surface area contributed by atoms with Gasteiger partial charge in [0.15, 0.2) is 0 Å². The van der Waals surface area contributed by atoms with Gasteiger partial charge >= 0.3 is 0 Å². The molecule has 17 heavy (non-hydrogen) atoms. The highest BCUT2D eigenvalue weighted by Gasteiger charge is 2.22. The van der Waals surface area contributed by atoms with Crippen LogP contribution in [-0.4, -0.2) is 30.4 Å². The molecule has 3 nitrogen and oxygen atoms in total. The van der Waals surface area contributed by atoms with Gasteiger partial charge in [0.25, 0.3) is 0 Å². The summed E-state index contributed by atoms with van der Waals surface area (Å²) in [5.41, 5.74) is 5.93. The maximum Gasteiger partial charge on any atom is 0.239 e. The van der Waals surface area contributed by atoms with Crippen molar-refractivity contribution in [1.29, 1.82) is 0 Å². The minimum atomic E-state index is -0.367. The largest absolute Gasteiger partial charge is 0.344 e. The van der Waals surface area contributed by atoms with Crippen LogP contribution in [0.25, 0.3) is 0 Å². The monoisotopic (exact) mass is 254 g/mol. The molecule has 96 valence electrons. The van der Waals surface area contributed by atoms with E-state index in [1.807, 2.05) is 20.0 Å². The molecule has 0 saturated carbocycles. The number of hydrogen-bond acceptors (Lipinski definition) is 3. The van der Waals surface area contributed by atoms with Crippen LogP contribution in [0.1, 0.15) is 25.1 Å². The van der Waals surface area contributed by atoms with Gasteiger partial charge in [0.05, 0.1) is 6.04 Å². The van der Waals surface area contributed by atoms with E-state index in [4.69, 9.17) is 5.73 Å². The van der Waals surface area contributed by atoms with E-state index in [1.165, 1.54) is 4.88 Å². The lowest BCUT2D eigenvalue weighted by Crippen LogP contribution is -2.46. The lowest BCUT2D eigenvalue weighted by Gasteiger charge is -2.24. The smallest absolute Gasteiger partial charge is 0.239 e. The maximum absolute atomic E-state index is 12.0. The Morgan fingerprint density at radius 1 is 1.59 bits per heavy atom. The van der Waals surface area contributed by atoms with Gasteiger partial charge in [0, 0.05) is 18.5 Å². The maximum atomic E-state index is 12.0. The molecule has 1 unspecified atom stereocenters. The summed E-state index contributed by atoms with van der Waals surface area (Å²) in [6.45, 7) is 4.82. The molecule has 0 aliphatic heterocycles. The van der Waals surface area contributed by atoms with Crippen LogP contribution >= 0.6 is 11.3 Å². The summed E-state index contributed by atoms with van der Waals surface area (Å²) in [6.07, 6.45) is 1.85. The molecule has 0 aliphatic carbocycles. The Labute approximate surface area is 108 Å². The average Bonchev–Trinajstić information content (AvgIpc) is 2.86. The van der Waals surface area contributed by atoms with E-state index >= 15 is 0 Å². The number of nitrogens with two attached hydrogens (primary N) is 1. The number of carbonyl (C=O) groups excluding carboxylic acids is 1. The first-order valence-corrected chi connectivity index (χ1v) is 6.97. The van der Waals surface area contributed by atoms with E-state index in [-0.39, 0.29) is 17.9 Å². The number of amides is 1. The van der Waals surface area contributed by atoms with Crippen molar-refractivity contribution in [2.75, 3.05) is 13.6 Å². The van der Waals surface area contributed by atoms with Crippen LogP contribution in [-0.2, 0) is 11.2 Å². The third-order valence-electron chi connectivity index (χ3n) is 3.19. The number of nitrogens with zero attached hydrogens (tertiary/aromatic N) is 1. The molecule has 1 rings (SSSR count). The number of thiophene rings is 1. The fourth-order valence-corrected chi connectivity index (χ4v) is 2.29. The van der Waals surface area contributed by atoms with Gasteiger partial charge in [-0.15, -0.1) is 11.3 Å². The van der Waals surface area contributed by atoms with Crippen molar-refractivity contribution in [3.8, 4) is 0 Å². The molecule has 1 aromatic heterocycles. The number of hydrogen-bond donors (Lipinski definition) is 1. The lowest BCUT2D eigenvalue weighted by atomic mass is 9.99. The second-order valence-electron chi connectivity index (χ2n) is 4.50. The fourth-order valence-electron chi connectivity index (χ4n) is 1.59. The predicted molar refractivity (Wildman–Crippen MR) is 73.1 cm³/mol. The first-order valence-electron chi connectivity index (χ1n) is 6.09. The first-order chi connectivity index (χ1) is 8.06. The summed E-state index contributed by atoms with van der Waals surface area (Å²) in [4.78, 5) is 15.1. The molecule has 1 amide bonds. The second-order valence-corrected chi connectivity index (χ2v) is 5.53. The zero-order valence-corrected chi connectivity index (χ0v) is 11.7. The summed E-state index contributed by atoms with van der Waals surface area (Å²) in [7, 11) is 1.83. The summed E-state index contributed by atoms with van der Waals surface area (Å²) in [6, 6.07) is 3.76. The van der Waals surface area contributed by atoms with Gasteiger partial charge < -0.3 is 10.6 Å². The van der Waals surface area contributed by atoms with Gasteiger partial charge in [-0.25, -0.2) is 0 Å². The van der Waals surface area contributed by atoms with Crippen molar-refractivity contribution >= 4 is 17.2 Å². The van der Waals surface area contributed by atoms with Crippen LogP contribution in [0.3, 0.4) is 0 Å². The molecule has 2 atom stereocenters. The molecular weight excluding hydrogens is 232 g/mol. The van der Waals surface area contributed by atoms with Gasteiger partial charge in [0.1, 0.15) is 0 Å². The quantitative estimate of drug-likeness (QED) is 0.845. The molecule has 0 saturated heterocycles. The number of likely N-dealkylation sites (N-methyl/N-ethyl adjacent to an activating group) is 1. The highest BCUT2D eigenvalue weighted by molar-refractivity contribution is 7.09. The molecule has 1 heterocycles. The Hall–Kier alpha value is -0.870. The van der Waals surface area contributed by atoms with E-state index < -0.39 is 0 Å². The van der Waals surface area contributed by atoms with Crippen LogP contribution in [0.5, 0.6) is 0 Å². The molecule has 0 spiro atoms. The fraction of sp³-hybridized carbons (Fsp3) is 0.615. The molecule has 0 radical (unpaired) electrons. The Balaban J connectivity index is 2.41. The lowest BCUT2D eigenvalue weighted by molar-refractivity contribution is -0.132. The molecule has 0 fully saturated rings. The Morgan fingerprint density at radius 3 is 2.82 bits per heavy atom. The molecule has 2 N–H and O–H groups in total. The summed E-state index contributed by atoms with van der Waals surface area (Å²) in [5.74, 6) is 0.294. The van der Waals surface area contributed by atoms with Crippen molar-refractivity contribution in [3.63, 3.8) is 0 Å². The first kappa shape index (κ1) is 14.2. The Kier molecular flexibility index (Phi) is 5.65. The van der Waals surface area contributed by atoms with Gasteiger partial charge in [0.2, 0.25) is 5.91 Å². The number of carbonyl (C=O) groups is 1. The van der Waals surface area contributed by atoms with Gasteiger partial charge in [-0.3, -0.25) is 4.79 Å². The second kappa shape index (κ2) is 6.77. The van der Waals surface area contributed by atoms with E-state index in [0.29, 0.717) is 0 Å². The van der Waals surface area contributed by atoms with E-state index in [1.54, 1.807) is 16.2 Å². The third kappa shape index (κ3) is 4.13. The van der Waals surface area contributed by atoms with Crippen LogP contribution in [0, 0.1) is 5.92 Å². The van der Waals surface area contributed by atoms with Crippen molar-refractivity contribution < 1.29 is 4.79 Å². The van der Waals surface area contributed by atoms with Crippen LogP contribution in [0.15, 0.2) is 17.5 Å². The van der Waals surface area contributed by atoms with Crippen molar-refractivity contribution in [2.45, 2.75) is 32.7 Å². The molecule has 1 aromatic rings. The van der Waals surface area contributed by atoms with Crippen molar-refractivity contribution in [2.24, 2.45) is 11.7 Å². The molecule has 0 aliphatic rings. The highest BCUT2D eigenvalue weighted by atomic mass is 32.1. The number of rotatable bonds is 6. The van der Waals surface area contributed by atoms with Crippen LogP contribution in [0.4, 0.5) is 0 Å². The minimum absolute atomic E-state index is 0.0518. The summed E-state index contributed by atoms with van der Waals surface area (Å²) < 4.78 is 0. The Bertz CT molecular complexity index is 337. The van der Waals surface area contributed by atoms with Gasteiger partial charge in [-0.1, -0.05) is 26.3 Å². The average molecular weight is 254 g/mol. The summed E-state index contributed by atoms with van der Waals surface area (Å²) in [5, 5.41) is 2.06.